The van der Waals surface area contributed by atoms with Gasteiger partial charge in [0, 0.05) is 5.92 Å². The van der Waals surface area contributed by atoms with E-state index in [2.05, 4.69) is 27.7 Å². The molecule has 13 heavy (non-hydrogen) atoms. The van der Waals surface area contributed by atoms with Crippen LogP contribution < -0.4 is 0 Å². The highest BCUT2D eigenvalue weighted by atomic mass is 16.1. The highest BCUT2D eigenvalue weighted by Crippen LogP contribution is 2.47. The Bertz CT molecular complexity index is 205. The summed E-state index contributed by atoms with van der Waals surface area (Å²) in [6.07, 6.45) is 2.49. The van der Waals surface area contributed by atoms with Crippen LogP contribution in [0, 0.1) is 23.2 Å². The van der Waals surface area contributed by atoms with Gasteiger partial charge in [0.25, 0.3) is 0 Å². The highest BCUT2D eigenvalue weighted by Gasteiger charge is 2.43. The molecule has 0 radical (unpaired) electrons. The molecule has 1 rings (SSSR count). The van der Waals surface area contributed by atoms with Crippen molar-refractivity contribution >= 4 is 5.78 Å². The minimum atomic E-state index is 0.198. The summed E-state index contributed by atoms with van der Waals surface area (Å²) >= 11 is 0. The molecule has 0 amide bonds. The first kappa shape index (κ1) is 10.7. The molecule has 0 aromatic heterocycles. The molecule has 1 nitrogen and oxygen atoms in total. The van der Waals surface area contributed by atoms with Crippen molar-refractivity contribution in [2.45, 2.75) is 47.5 Å². The average Bonchev–Trinajstić information content (AvgIpc) is 1.96. The maximum Gasteiger partial charge on any atom is 0.133 e. The number of ketones is 1. The molecule has 1 saturated carbocycles. The fraction of sp³-hybridized carbons (Fsp3) is 0.917. The largest absolute Gasteiger partial charge is 0.300 e. The lowest BCUT2D eigenvalue weighted by molar-refractivity contribution is -0.130. The predicted molar refractivity (Wildman–Crippen MR) is 55.5 cm³/mol. The summed E-state index contributed by atoms with van der Waals surface area (Å²) in [7, 11) is 0. The SMILES string of the molecule is CC(=O)C1C(C)CCC(C)C1(C)C. The summed E-state index contributed by atoms with van der Waals surface area (Å²) in [4.78, 5) is 11.6. The number of hydrogen-bond acceptors (Lipinski definition) is 1. The van der Waals surface area contributed by atoms with Gasteiger partial charge in [0.15, 0.2) is 0 Å². The molecule has 0 saturated heterocycles. The van der Waals surface area contributed by atoms with Gasteiger partial charge in [-0.05, 0) is 37.0 Å². The van der Waals surface area contributed by atoms with E-state index in [4.69, 9.17) is 0 Å². The number of hydrogen-bond donors (Lipinski definition) is 0. The normalized spacial score (nSPS) is 38.7. The topological polar surface area (TPSA) is 17.1 Å². The van der Waals surface area contributed by atoms with Crippen LogP contribution in [-0.2, 0) is 4.79 Å². The maximum atomic E-state index is 11.6. The smallest absolute Gasteiger partial charge is 0.133 e. The Morgan fingerprint density at radius 1 is 1.23 bits per heavy atom. The lowest BCUT2D eigenvalue weighted by atomic mass is 9.58. The van der Waals surface area contributed by atoms with Gasteiger partial charge in [-0.15, -0.1) is 0 Å². The van der Waals surface area contributed by atoms with Gasteiger partial charge in [-0.25, -0.2) is 0 Å². The monoisotopic (exact) mass is 182 g/mol. The van der Waals surface area contributed by atoms with Gasteiger partial charge in [-0.3, -0.25) is 4.79 Å². The first-order valence-corrected chi connectivity index (χ1v) is 5.37. The molecule has 0 heterocycles. The van der Waals surface area contributed by atoms with Gasteiger partial charge in [-0.1, -0.05) is 27.7 Å². The lowest BCUT2D eigenvalue weighted by Gasteiger charge is -2.46. The van der Waals surface area contributed by atoms with Crippen LogP contribution in [0.1, 0.15) is 47.5 Å². The molecule has 1 aliphatic carbocycles. The van der Waals surface area contributed by atoms with Crippen LogP contribution in [0.2, 0.25) is 0 Å². The van der Waals surface area contributed by atoms with Gasteiger partial charge >= 0.3 is 0 Å². The summed E-state index contributed by atoms with van der Waals surface area (Å²) in [5.74, 6) is 1.90. The van der Waals surface area contributed by atoms with Crippen LogP contribution in [0.3, 0.4) is 0 Å². The first-order valence-electron chi connectivity index (χ1n) is 5.37. The molecular weight excluding hydrogens is 160 g/mol. The predicted octanol–water partition coefficient (Wildman–Crippen LogP) is 3.28. The van der Waals surface area contributed by atoms with Crippen LogP contribution in [0.5, 0.6) is 0 Å². The van der Waals surface area contributed by atoms with E-state index in [-0.39, 0.29) is 11.3 Å². The molecule has 1 fully saturated rings. The van der Waals surface area contributed by atoms with Crippen LogP contribution in [0.4, 0.5) is 0 Å². The third-order valence-corrected chi connectivity index (χ3v) is 4.13. The summed E-state index contributed by atoms with van der Waals surface area (Å²) in [5.41, 5.74) is 0.198. The van der Waals surface area contributed by atoms with E-state index in [0.29, 0.717) is 17.6 Å². The molecular formula is C12H22O. The van der Waals surface area contributed by atoms with Crippen molar-refractivity contribution in [3.8, 4) is 0 Å². The molecule has 0 aliphatic heterocycles. The summed E-state index contributed by atoms with van der Waals surface area (Å²) in [6.45, 7) is 10.8. The van der Waals surface area contributed by atoms with Gasteiger partial charge in [-0.2, -0.15) is 0 Å². The van der Waals surface area contributed by atoms with E-state index in [0.717, 1.165) is 0 Å². The van der Waals surface area contributed by atoms with E-state index in [1.165, 1.54) is 12.8 Å². The van der Waals surface area contributed by atoms with Crippen molar-refractivity contribution in [1.82, 2.24) is 0 Å². The molecule has 0 aromatic rings. The fourth-order valence-electron chi connectivity index (χ4n) is 3.02. The second-order valence-corrected chi connectivity index (χ2v) is 5.37. The van der Waals surface area contributed by atoms with E-state index >= 15 is 0 Å². The zero-order valence-corrected chi connectivity index (χ0v) is 9.55. The Morgan fingerprint density at radius 2 is 1.77 bits per heavy atom. The summed E-state index contributed by atoms with van der Waals surface area (Å²) < 4.78 is 0. The second kappa shape index (κ2) is 3.43. The van der Waals surface area contributed by atoms with Gasteiger partial charge in [0.2, 0.25) is 0 Å². The van der Waals surface area contributed by atoms with E-state index in [1.807, 2.05) is 0 Å². The van der Waals surface area contributed by atoms with Gasteiger partial charge in [0.1, 0.15) is 5.78 Å². The maximum absolute atomic E-state index is 11.6. The number of carbonyl (C=O) groups is 1. The van der Waals surface area contributed by atoms with E-state index in [1.54, 1.807) is 6.92 Å². The average molecular weight is 182 g/mol. The standard InChI is InChI=1S/C12H22O/c1-8-6-7-9(2)12(4,5)11(8)10(3)13/h8-9,11H,6-7H2,1-5H3. The molecule has 0 aromatic carbocycles. The molecule has 1 aliphatic rings. The zero-order valence-electron chi connectivity index (χ0n) is 9.55. The second-order valence-electron chi connectivity index (χ2n) is 5.37. The zero-order chi connectivity index (χ0) is 10.2. The minimum absolute atomic E-state index is 0.198. The van der Waals surface area contributed by atoms with Gasteiger partial charge in [0.05, 0.1) is 0 Å². The fourth-order valence-corrected chi connectivity index (χ4v) is 3.02. The highest BCUT2D eigenvalue weighted by molar-refractivity contribution is 5.79. The third-order valence-electron chi connectivity index (χ3n) is 4.13. The van der Waals surface area contributed by atoms with Crippen molar-refractivity contribution in [1.29, 1.82) is 0 Å². The third kappa shape index (κ3) is 1.79. The Labute approximate surface area is 81.9 Å². The van der Waals surface area contributed by atoms with E-state index in [9.17, 15) is 4.79 Å². The lowest BCUT2D eigenvalue weighted by Crippen LogP contribution is -2.43. The Morgan fingerprint density at radius 3 is 2.15 bits per heavy atom. The van der Waals surface area contributed by atoms with Crippen molar-refractivity contribution in [2.75, 3.05) is 0 Å². The first-order chi connectivity index (χ1) is 5.87. The van der Waals surface area contributed by atoms with Gasteiger partial charge < -0.3 is 0 Å². The molecule has 0 bridgehead atoms. The van der Waals surface area contributed by atoms with Crippen molar-refractivity contribution < 1.29 is 4.79 Å². The van der Waals surface area contributed by atoms with Crippen molar-refractivity contribution in [3.63, 3.8) is 0 Å². The van der Waals surface area contributed by atoms with Crippen LogP contribution in [0.15, 0.2) is 0 Å². The molecule has 0 N–H and O–H groups in total. The Kier molecular flexibility index (Phi) is 2.84. The minimum Gasteiger partial charge on any atom is -0.300 e. The van der Waals surface area contributed by atoms with Crippen molar-refractivity contribution in [2.24, 2.45) is 23.2 Å². The molecule has 0 spiro atoms. The van der Waals surface area contributed by atoms with E-state index < -0.39 is 0 Å². The molecule has 1 heteroatoms. The number of rotatable bonds is 1. The quantitative estimate of drug-likeness (QED) is 0.608. The summed E-state index contributed by atoms with van der Waals surface area (Å²) in [6, 6.07) is 0. The molecule has 3 unspecified atom stereocenters. The number of Topliss-reactive ketones (excluding diaryl/α,β-unsaturated/α-hetero) is 1. The van der Waals surface area contributed by atoms with Crippen LogP contribution in [0.25, 0.3) is 0 Å². The Hall–Kier alpha value is -0.330. The van der Waals surface area contributed by atoms with Crippen molar-refractivity contribution in [3.05, 3.63) is 0 Å². The summed E-state index contributed by atoms with van der Waals surface area (Å²) in [5, 5.41) is 0. The molecule has 3 atom stereocenters. The van der Waals surface area contributed by atoms with Crippen LogP contribution >= 0.6 is 0 Å². The number of carbonyl (C=O) groups excluding carboxylic acids is 1. The Balaban J connectivity index is 2.91. The molecule has 76 valence electrons. The van der Waals surface area contributed by atoms with Crippen LogP contribution in [-0.4, -0.2) is 5.78 Å².